The van der Waals surface area contributed by atoms with Crippen molar-refractivity contribution in [3.8, 4) is 10.4 Å². The predicted octanol–water partition coefficient (Wildman–Crippen LogP) is 6.00. The first-order valence-electron chi connectivity index (χ1n) is 9.86. The van der Waals surface area contributed by atoms with Crippen LogP contribution in [0, 0.1) is 6.92 Å². The summed E-state index contributed by atoms with van der Waals surface area (Å²) in [5, 5.41) is 3.95. The largest absolute Gasteiger partial charge is 0.325 e. The maximum atomic E-state index is 13.2. The van der Waals surface area contributed by atoms with Gasteiger partial charge in [-0.05, 0) is 36.2 Å². The first-order valence-corrected chi connectivity index (χ1v) is 12.0. The summed E-state index contributed by atoms with van der Waals surface area (Å²) in [6.07, 6.45) is 1.65. The molecule has 0 bridgehead atoms. The highest BCUT2D eigenvalue weighted by Gasteiger charge is 2.16. The summed E-state index contributed by atoms with van der Waals surface area (Å²) in [5.74, 6) is -0.0911. The highest BCUT2D eigenvalue weighted by molar-refractivity contribution is 7.99. The van der Waals surface area contributed by atoms with Crippen LogP contribution in [0.1, 0.15) is 5.56 Å². The van der Waals surface area contributed by atoms with Gasteiger partial charge in [0.2, 0.25) is 5.91 Å². The zero-order valence-electron chi connectivity index (χ0n) is 17.3. The van der Waals surface area contributed by atoms with E-state index in [-0.39, 0.29) is 17.2 Å². The number of carbonyl (C=O) groups excluding carboxylic acids is 1. The molecule has 32 heavy (non-hydrogen) atoms. The Morgan fingerprint density at radius 1 is 1.25 bits per heavy atom. The zero-order valence-corrected chi connectivity index (χ0v) is 19.7. The smallest absolute Gasteiger partial charge is 0.272 e. The van der Waals surface area contributed by atoms with Crippen molar-refractivity contribution in [1.82, 2.24) is 9.55 Å². The van der Waals surface area contributed by atoms with Crippen molar-refractivity contribution in [2.24, 2.45) is 0 Å². The number of allylic oxidation sites excluding steroid dienone is 1. The molecule has 162 valence electrons. The van der Waals surface area contributed by atoms with E-state index in [0.717, 1.165) is 16.0 Å². The van der Waals surface area contributed by atoms with Crippen LogP contribution >= 0.6 is 34.7 Å². The molecule has 1 N–H and O–H groups in total. The SMILES string of the molecule is C=CCn1c(SCC(=O)Nc2cccc(Cl)c2C)nc2cc(-c3ccccc3)sc2c1=O. The van der Waals surface area contributed by atoms with E-state index in [1.165, 1.54) is 23.1 Å². The second kappa shape index (κ2) is 9.73. The molecule has 4 aromatic rings. The monoisotopic (exact) mass is 481 g/mol. The van der Waals surface area contributed by atoms with Gasteiger partial charge in [-0.25, -0.2) is 4.98 Å². The Kier molecular flexibility index (Phi) is 6.79. The van der Waals surface area contributed by atoms with Gasteiger partial charge in [-0.3, -0.25) is 14.2 Å². The summed E-state index contributed by atoms with van der Waals surface area (Å²) in [4.78, 5) is 31.4. The number of anilines is 1. The Bertz CT molecular complexity index is 1360. The molecule has 0 aliphatic rings. The number of halogens is 1. The molecule has 0 spiro atoms. The molecular weight excluding hydrogens is 462 g/mol. The summed E-state index contributed by atoms with van der Waals surface area (Å²) in [7, 11) is 0. The minimum Gasteiger partial charge on any atom is -0.325 e. The average Bonchev–Trinajstić information content (AvgIpc) is 3.23. The summed E-state index contributed by atoms with van der Waals surface area (Å²) in [5.41, 5.74) is 3.02. The lowest BCUT2D eigenvalue weighted by Crippen LogP contribution is -2.23. The molecule has 2 aromatic carbocycles. The number of thioether (sulfide) groups is 1. The third kappa shape index (κ3) is 4.65. The standard InChI is InChI=1S/C24H20ClN3O2S2/c1-3-12-28-23(30)22-19(13-20(32-22)16-8-5-4-6-9-16)27-24(28)31-14-21(29)26-18-11-7-10-17(25)15(18)2/h3-11,13H,1,12,14H2,2H3,(H,26,29). The van der Waals surface area contributed by atoms with Crippen LogP contribution in [0.15, 0.2) is 77.2 Å². The van der Waals surface area contributed by atoms with Crippen LogP contribution in [-0.4, -0.2) is 21.2 Å². The number of carbonyl (C=O) groups is 1. The number of rotatable bonds is 7. The Hall–Kier alpha value is -2.87. The van der Waals surface area contributed by atoms with Gasteiger partial charge in [-0.1, -0.05) is 65.8 Å². The molecule has 0 aliphatic heterocycles. The number of benzene rings is 2. The van der Waals surface area contributed by atoms with Gasteiger partial charge in [-0.15, -0.1) is 17.9 Å². The summed E-state index contributed by atoms with van der Waals surface area (Å²) in [6.45, 7) is 5.92. The van der Waals surface area contributed by atoms with E-state index in [1.54, 1.807) is 28.8 Å². The molecular formula is C24H20ClN3O2S2. The van der Waals surface area contributed by atoms with E-state index in [1.807, 2.05) is 43.3 Å². The molecule has 5 nitrogen and oxygen atoms in total. The minimum atomic E-state index is -0.199. The van der Waals surface area contributed by atoms with Crippen LogP contribution in [0.2, 0.25) is 5.02 Å². The molecule has 8 heteroatoms. The van der Waals surface area contributed by atoms with Gasteiger partial charge in [0, 0.05) is 22.1 Å². The number of nitrogens with one attached hydrogen (secondary N) is 1. The van der Waals surface area contributed by atoms with Gasteiger partial charge in [-0.2, -0.15) is 0 Å². The Morgan fingerprint density at radius 2 is 2.03 bits per heavy atom. The van der Waals surface area contributed by atoms with Crippen LogP contribution in [-0.2, 0) is 11.3 Å². The first-order chi connectivity index (χ1) is 15.5. The summed E-state index contributed by atoms with van der Waals surface area (Å²) in [6, 6.07) is 17.2. The molecule has 0 saturated heterocycles. The normalized spacial score (nSPS) is 10.9. The average molecular weight is 482 g/mol. The molecule has 2 heterocycles. The van der Waals surface area contributed by atoms with Crippen molar-refractivity contribution in [1.29, 1.82) is 0 Å². The molecule has 2 aromatic heterocycles. The van der Waals surface area contributed by atoms with Gasteiger partial charge >= 0.3 is 0 Å². The lowest BCUT2D eigenvalue weighted by atomic mass is 10.2. The third-order valence-electron chi connectivity index (χ3n) is 4.84. The number of hydrogen-bond donors (Lipinski definition) is 1. The van der Waals surface area contributed by atoms with Gasteiger partial charge in [0.1, 0.15) is 4.70 Å². The van der Waals surface area contributed by atoms with Crippen molar-refractivity contribution < 1.29 is 4.79 Å². The van der Waals surface area contributed by atoms with Crippen LogP contribution < -0.4 is 10.9 Å². The Labute approximate surface area is 198 Å². The van der Waals surface area contributed by atoms with Crippen molar-refractivity contribution >= 4 is 56.5 Å². The number of amides is 1. The number of fused-ring (bicyclic) bond motifs is 1. The molecule has 0 radical (unpaired) electrons. The molecule has 0 unspecified atom stereocenters. The first kappa shape index (κ1) is 22.3. The third-order valence-corrected chi connectivity index (χ3v) is 7.39. The van der Waals surface area contributed by atoms with Crippen molar-refractivity contribution in [2.45, 2.75) is 18.6 Å². The topological polar surface area (TPSA) is 64.0 Å². The van der Waals surface area contributed by atoms with Gasteiger partial charge < -0.3 is 5.32 Å². The summed E-state index contributed by atoms with van der Waals surface area (Å²) >= 11 is 8.78. The molecule has 1 amide bonds. The highest BCUT2D eigenvalue weighted by atomic mass is 35.5. The highest BCUT2D eigenvalue weighted by Crippen LogP contribution is 2.32. The van der Waals surface area contributed by atoms with E-state index in [2.05, 4.69) is 11.9 Å². The van der Waals surface area contributed by atoms with Crippen molar-refractivity contribution in [2.75, 3.05) is 11.1 Å². The van der Waals surface area contributed by atoms with E-state index in [0.29, 0.717) is 32.6 Å². The number of hydrogen-bond acceptors (Lipinski definition) is 5. The summed E-state index contributed by atoms with van der Waals surface area (Å²) < 4.78 is 2.15. The number of aromatic nitrogens is 2. The second-order valence-electron chi connectivity index (χ2n) is 7.04. The molecule has 0 saturated carbocycles. The van der Waals surface area contributed by atoms with Crippen LogP contribution in [0.5, 0.6) is 0 Å². The lowest BCUT2D eigenvalue weighted by Gasteiger charge is -2.11. The predicted molar refractivity (Wildman–Crippen MR) is 135 cm³/mol. The van der Waals surface area contributed by atoms with Gasteiger partial charge in [0.15, 0.2) is 5.16 Å². The lowest BCUT2D eigenvalue weighted by molar-refractivity contribution is -0.113. The number of thiophene rings is 1. The van der Waals surface area contributed by atoms with Crippen molar-refractivity contribution in [3.05, 3.63) is 88.2 Å². The fraction of sp³-hybridized carbons (Fsp3) is 0.125. The Balaban J connectivity index is 1.61. The maximum Gasteiger partial charge on any atom is 0.272 e. The van der Waals surface area contributed by atoms with E-state index >= 15 is 0 Å². The van der Waals surface area contributed by atoms with Crippen molar-refractivity contribution in [3.63, 3.8) is 0 Å². The fourth-order valence-corrected chi connectivity index (χ4v) is 5.23. The zero-order chi connectivity index (χ0) is 22.7. The van der Waals surface area contributed by atoms with Gasteiger partial charge in [0.25, 0.3) is 5.56 Å². The fourth-order valence-electron chi connectivity index (χ4n) is 3.19. The number of nitrogens with zero attached hydrogens (tertiary/aromatic N) is 2. The Morgan fingerprint density at radius 3 is 2.78 bits per heavy atom. The second-order valence-corrected chi connectivity index (χ2v) is 9.44. The molecule has 0 atom stereocenters. The van der Waals surface area contributed by atoms with Crippen LogP contribution in [0.25, 0.3) is 20.7 Å². The van der Waals surface area contributed by atoms with E-state index < -0.39 is 0 Å². The molecule has 0 aliphatic carbocycles. The maximum absolute atomic E-state index is 13.2. The minimum absolute atomic E-state index is 0.108. The quantitative estimate of drug-likeness (QED) is 0.199. The van der Waals surface area contributed by atoms with Crippen LogP contribution in [0.4, 0.5) is 5.69 Å². The van der Waals surface area contributed by atoms with Gasteiger partial charge in [0.05, 0.1) is 11.3 Å². The van der Waals surface area contributed by atoms with E-state index in [4.69, 9.17) is 16.6 Å². The molecule has 4 rings (SSSR count). The van der Waals surface area contributed by atoms with Crippen LogP contribution in [0.3, 0.4) is 0 Å². The van der Waals surface area contributed by atoms with E-state index in [9.17, 15) is 9.59 Å². The molecule has 0 fully saturated rings.